The van der Waals surface area contributed by atoms with Crippen molar-refractivity contribution in [3.63, 3.8) is 0 Å². The SMILES string of the molecule is c1ccc2cc(-c3ccc(-c4ccc(N(c5ccc(-c6ccc(-c7ccc8ccccc8c7)cc6)cc5)c5ccc6occc6c5)cc4)cc3)ccc2c1. The first-order chi connectivity index (χ1) is 26.7. The van der Waals surface area contributed by atoms with Crippen LogP contribution >= 0.6 is 0 Å². The molecule has 0 atom stereocenters. The van der Waals surface area contributed by atoms with Crippen molar-refractivity contribution in [3.05, 3.63) is 213 Å². The van der Waals surface area contributed by atoms with Crippen molar-refractivity contribution >= 4 is 49.6 Å². The topological polar surface area (TPSA) is 16.4 Å². The van der Waals surface area contributed by atoms with Gasteiger partial charge < -0.3 is 9.32 Å². The molecule has 1 heterocycles. The second-order valence-corrected chi connectivity index (χ2v) is 13.9. The van der Waals surface area contributed by atoms with Gasteiger partial charge in [-0.3, -0.25) is 0 Å². The van der Waals surface area contributed by atoms with E-state index in [1.807, 2.05) is 6.07 Å². The van der Waals surface area contributed by atoms with Gasteiger partial charge in [0.05, 0.1) is 6.26 Å². The molecule has 0 spiro atoms. The first-order valence-corrected chi connectivity index (χ1v) is 18.4. The van der Waals surface area contributed by atoms with E-state index in [0.717, 1.165) is 28.0 Å². The van der Waals surface area contributed by atoms with Crippen molar-refractivity contribution in [2.45, 2.75) is 0 Å². The second-order valence-electron chi connectivity index (χ2n) is 13.9. The van der Waals surface area contributed by atoms with Crippen molar-refractivity contribution in [1.82, 2.24) is 0 Å². The summed E-state index contributed by atoms with van der Waals surface area (Å²) in [6.07, 6.45) is 1.75. The lowest BCUT2D eigenvalue weighted by molar-refractivity contribution is 0.616. The second kappa shape index (κ2) is 13.4. The Morgan fingerprint density at radius 2 is 0.630 bits per heavy atom. The highest BCUT2D eigenvalue weighted by atomic mass is 16.3. The summed E-state index contributed by atoms with van der Waals surface area (Å²) >= 11 is 0. The minimum Gasteiger partial charge on any atom is -0.464 e. The number of fused-ring (bicyclic) bond motifs is 3. The molecule has 0 amide bonds. The van der Waals surface area contributed by atoms with Crippen molar-refractivity contribution in [2.24, 2.45) is 0 Å². The van der Waals surface area contributed by atoms with Crippen molar-refractivity contribution in [3.8, 4) is 44.5 Å². The zero-order valence-electron chi connectivity index (χ0n) is 29.6. The molecule has 9 aromatic carbocycles. The molecule has 2 heteroatoms. The van der Waals surface area contributed by atoms with Crippen molar-refractivity contribution < 1.29 is 4.42 Å². The summed E-state index contributed by atoms with van der Waals surface area (Å²) < 4.78 is 5.69. The average Bonchev–Trinajstić information content (AvgIpc) is 3.72. The number of rotatable bonds is 7. The Balaban J connectivity index is 0.935. The van der Waals surface area contributed by atoms with E-state index in [1.165, 1.54) is 66.1 Å². The van der Waals surface area contributed by atoms with Gasteiger partial charge in [-0.25, -0.2) is 0 Å². The maximum Gasteiger partial charge on any atom is 0.133 e. The van der Waals surface area contributed by atoms with Crippen LogP contribution in [0, 0.1) is 0 Å². The molecular formula is C52H35NO. The van der Waals surface area contributed by atoms with E-state index in [0.29, 0.717) is 0 Å². The average molecular weight is 690 g/mol. The van der Waals surface area contributed by atoms with E-state index in [9.17, 15) is 0 Å². The molecule has 0 saturated carbocycles. The number of nitrogens with zero attached hydrogens (tertiary/aromatic N) is 1. The largest absolute Gasteiger partial charge is 0.464 e. The number of furan rings is 1. The van der Waals surface area contributed by atoms with E-state index < -0.39 is 0 Å². The maximum absolute atomic E-state index is 5.69. The van der Waals surface area contributed by atoms with Gasteiger partial charge in [0, 0.05) is 22.4 Å². The third-order valence-electron chi connectivity index (χ3n) is 10.5. The minimum absolute atomic E-state index is 0.878. The van der Waals surface area contributed by atoms with E-state index >= 15 is 0 Å². The number of hydrogen-bond acceptors (Lipinski definition) is 2. The van der Waals surface area contributed by atoms with E-state index in [4.69, 9.17) is 4.42 Å². The Labute approximate surface area is 314 Å². The van der Waals surface area contributed by atoms with Crippen LogP contribution in [0.5, 0.6) is 0 Å². The van der Waals surface area contributed by atoms with Crippen LogP contribution in [-0.4, -0.2) is 0 Å². The Morgan fingerprint density at radius 3 is 1.09 bits per heavy atom. The Bertz CT molecular complexity index is 2740. The van der Waals surface area contributed by atoms with E-state index in [-0.39, 0.29) is 0 Å². The standard InChI is InChI=1S/C52H35NO/c1-3-7-44-33-46(19-17-36(44)5-1)42-13-9-38(10-14-42)40-21-25-49(26-22-40)53(51-29-30-52-48(35-51)31-32-54-52)50-27-23-41(24-28-50)39-11-15-43(16-12-39)47-20-18-37-6-2-4-8-45(37)34-47/h1-35H. The van der Waals surface area contributed by atoms with Gasteiger partial charge in [-0.05, 0) is 127 Å². The molecule has 10 aromatic rings. The fourth-order valence-corrected chi connectivity index (χ4v) is 7.59. The molecule has 0 aliphatic heterocycles. The normalized spacial score (nSPS) is 11.3. The molecule has 1 aromatic heterocycles. The van der Waals surface area contributed by atoms with Gasteiger partial charge in [-0.2, -0.15) is 0 Å². The lowest BCUT2D eigenvalue weighted by atomic mass is 9.98. The zero-order chi connectivity index (χ0) is 35.8. The summed E-state index contributed by atoms with van der Waals surface area (Å²) in [4.78, 5) is 2.31. The fourth-order valence-electron chi connectivity index (χ4n) is 7.59. The maximum atomic E-state index is 5.69. The van der Waals surface area contributed by atoms with Gasteiger partial charge >= 0.3 is 0 Å². The highest BCUT2D eigenvalue weighted by Crippen LogP contribution is 2.39. The lowest BCUT2D eigenvalue weighted by Crippen LogP contribution is -2.09. The molecular weight excluding hydrogens is 655 g/mol. The first-order valence-electron chi connectivity index (χ1n) is 18.4. The molecule has 0 radical (unpaired) electrons. The van der Waals surface area contributed by atoms with Crippen molar-refractivity contribution in [2.75, 3.05) is 4.90 Å². The van der Waals surface area contributed by atoms with Crippen LogP contribution in [0.1, 0.15) is 0 Å². The molecule has 0 saturated heterocycles. The van der Waals surface area contributed by atoms with Gasteiger partial charge in [0.2, 0.25) is 0 Å². The third-order valence-corrected chi connectivity index (χ3v) is 10.5. The molecule has 54 heavy (non-hydrogen) atoms. The monoisotopic (exact) mass is 689 g/mol. The molecule has 2 nitrogen and oxygen atoms in total. The van der Waals surface area contributed by atoms with E-state index in [2.05, 4.69) is 205 Å². The van der Waals surface area contributed by atoms with Crippen LogP contribution in [0.3, 0.4) is 0 Å². The molecule has 0 aliphatic rings. The summed E-state index contributed by atoms with van der Waals surface area (Å²) in [6.45, 7) is 0. The van der Waals surface area contributed by atoms with Gasteiger partial charge in [-0.15, -0.1) is 0 Å². The summed E-state index contributed by atoms with van der Waals surface area (Å²) in [7, 11) is 0. The minimum atomic E-state index is 0.878. The highest BCUT2D eigenvalue weighted by Gasteiger charge is 2.15. The van der Waals surface area contributed by atoms with E-state index in [1.54, 1.807) is 6.26 Å². The molecule has 0 fully saturated rings. The highest BCUT2D eigenvalue weighted by molar-refractivity contribution is 5.90. The fraction of sp³-hybridized carbons (Fsp3) is 0. The van der Waals surface area contributed by atoms with Gasteiger partial charge in [-0.1, -0.05) is 146 Å². The Hall–Kier alpha value is -7.16. The quantitative estimate of drug-likeness (QED) is 0.166. The molecule has 0 unspecified atom stereocenters. The summed E-state index contributed by atoms with van der Waals surface area (Å²) in [5, 5.41) is 6.11. The molecule has 254 valence electrons. The van der Waals surface area contributed by atoms with Crippen LogP contribution in [-0.2, 0) is 0 Å². The van der Waals surface area contributed by atoms with Gasteiger partial charge in [0.15, 0.2) is 0 Å². The van der Waals surface area contributed by atoms with Crippen LogP contribution in [0.4, 0.5) is 17.1 Å². The summed E-state index contributed by atoms with van der Waals surface area (Å²) in [5.41, 5.74) is 13.7. The number of hydrogen-bond donors (Lipinski definition) is 0. The predicted octanol–water partition coefficient (Wildman–Crippen LogP) is 14.9. The number of anilines is 3. The van der Waals surface area contributed by atoms with Gasteiger partial charge in [0.25, 0.3) is 0 Å². The first kappa shape index (κ1) is 31.6. The molecule has 0 aliphatic carbocycles. The summed E-state index contributed by atoms with van der Waals surface area (Å²) in [5.74, 6) is 0. The smallest absolute Gasteiger partial charge is 0.133 e. The molecule has 0 bridgehead atoms. The van der Waals surface area contributed by atoms with Crippen LogP contribution in [0.25, 0.3) is 77.0 Å². The molecule has 10 rings (SSSR count). The van der Waals surface area contributed by atoms with Crippen molar-refractivity contribution in [1.29, 1.82) is 0 Å². The number of benzene rings is 9. The molecule has 0 N–H and O–H groups in total. The summed E-state index contributed by atoms with van der Waals surface area (Å²) in [6, 6.07) is 74.2. The van der Waals surface area contributed by atoms with Crippen LogP contribution in [0.15, 0.2) is 217 Å². The third kappa shape index (κ3) is 6.00. The van der Waals surface area contributed by atoms with Crippen LogP contribution < -0.4 is 4.90 Å². The lowest BCUT2D eigenvalue weighted by Gasteiger charge is -2.26. The van der Waals surface area contributed by atoms with Gasteiger partial charge in [0.1, 0.15) is 5.58 Å². The van der Waals surface area contributed by atoms with Crippen LogP contribution in [0.2, 0.25) is 0 Å². The Kier molecular flexibility index (Phi) is 7.85. The predicted molar refractivity (Wildman–Crippen MR) is 228 cm³/mol. The Morgan fingerprint density at radius 1 is 0.259 bits per heavy atom. The zero-order valence-corrected chi connectivity index (χ0v) is 29.6.